The van der Waals surface area contributed by atoms with E-state index in [-0.39, 0.29) is 0 Å². The lowest BCUT2D eigenvalue weighted by Gasteiger charge is -2.18. The van der Waals surface area contributed by atoms with Crippen molar-refractivity contribution in [2.45, 2.75) is 6.42 Å². The molecule has 1 aromatic rings. The van der Waals surface area contributed by atoms with Gasteiger partial charge in [0.25, 0.3) is 0 Å². The Hall–Kier alpha value is -1.00. The van der Waals surface area contributed by atoms with Gasteiger partial charge in [-0.2, -0.15) is 0 Å². The van der Waals surface area contributed by atoms with E-state index in [0.717, 1.165) is 25.4 Å². The molecule has 0 spiro atoms. The number of nitrogens with two attached hydrogens (primary N) is 1. The van der Waals surface area contributed by atoms with E-state index in [2.05, 4.69) is 4.98 Å². The molecule has 0 saturated heterocycles. The van der Waals surface area contributed by atoms with E-state index < -0.39 is 0 Å². The number of halogens is 1. The monoisotopic (exact) mass is 229 g/mol. The predicted molar refractivity (Wildman–Crippen MR) is 63.4 cm³/mol. The predicted octanol–water partition coefficient (Wildman–Crippen LogP) is 1.79. The highest BCUT2D eigenvalue weighted by molar-refractivity contribution is 6.29. The van der Waals surface area contributed by atoms with Crippen LogP contribution in [-0.4, -0.2) is 32.3 Å². The Morgan fingerprint density at radius 3 is 2.87 bits per heavy atom. The van der Waals surface area contributed by atoms with Gasteiger partial charge in [0, 0.05) is 39.1 Å². The summed E-state index contributed by atoms with van der Waals surface area (Å²) in [5.41, 5.74) is 6.30. The van der Waals surface area contributed by atoms with Gasteiger partial charge in [0.15, 0.2) is 0 Å². The molecule has 1 rings (SSSR count). The van der Waals surface area contributed by atoms with E-state index in [1.54, 1.807) is 19.2 Å². The first kappa shape index (κ1) is 12.1. The van der Waals surface area contributed by atoms with Crippen molar-refractivity contribution in [2.24, 2.45) is 0 Å². The first-order valence-corrected chi connectivity index (χ1v) is 5.14. The molecule has 1 aromatic heterocycles. The van der Waals surface area contributed by atoms with Crippen molar-refractivity contribution in [3.8, 4) is 0 Å². The number of rotatable bonds is 5. The minimum atomic E-state index is 0.420. The zero-order valence-corrected chi connectivity index (χ0v) is 9.79. The van der Waals surface area contributed by atoms with E-state index in [9.17, 15) is 0 Å². The maximum Gasteiger partial charge on any atom is 0.133 e. The van der Waals surface area contributed by atoms with E-state index in [4.69, 9.17) is 22.1 Å². The van der Waals surface area contributed by atoms with Crippen molar-refractivity contribution in [3.63, 3.8) is 0 Å². The fourth-order valence-electron chi connectivity index (χ4n) is 1.26. The summed E-state index contributed by atoms with van der Waals surface area (Å²) in [5, 5.41) is 0.420. The average molecular weight is 230 g/mol. The Bertz CT molecular complexity index is 299. The topological polar surface area (TPSA) is 51.4 Å². The standard InChI is InChI=1S/C10H16ClN3O/c1-14(4-3-5-15-2)10-7-8(12)6-9(11)13-10/h6-7H,3-5H2,1-2H3,(H2,12,13). The van der Waals surface area contributed by atoms with Gasteiger partial charge < -0.3 is 15.4 Å². The van der Waals surface area contributed by atoms with Crippen LogP contribution in [0.25, 0.3) is 0 Å². The van der Waals surface area contributed by atoms with E-state index in [0.29, 0.717) is 10.8 Å². The number of nitrogens with zero attached hydrogens (tertiary/aromatic N) is 2. The fourth-order valence-corrected chi connectivity index (χ4v) is 1.47. The molecule has 0 bridgehead atoms. The second kappa shape index (κ2) is 5.78. The molecule has 0 atom stereocenters. The summed E-state index contributed by atoms with van der Waals surface area (Å²) < 4.78 is 4.98. The summed E-state index contributed by atoms with van der Waals surface area (Å²) in [6.07, 6.45) is 0.946. The van der Waals surface area contributed by atoms with E-state index in [1.165, 1.54) is 0 Å². The summed E-state index contributed by atoms with van der Waals surface area (Å²) >= 11 is 5.81. The van der Waals surface area contributed by atoms with Gasteiger partial charge in [0.05, 0.1) is 0 Å². The Morgan fingerprint density at radius 2 is 2.27 bits per heavy atom. The average Bonchev–Trinajstić information content (AvgIpc) is 2.16. The number of methoxy groups -OCH3 is 1. The molecule has 0 aromatic carbocycles. The fraction of sp³-hybridized carbons (Fsp3) is 0.500. The van der Waals surface area contributed by atoms with Crippen LogP contribution in [0.15, 0.2) is 12.1 Å². The third-order valence-electron chi connectivity index (χ3n) is 2.04. The smallest absolute Gasteiger partial charge is 0.133 e. The molecular formula is C10H16ClN3O. The van der Waals surface area contributed by atoms with Crippen molar-refractivity contribution in [2.75, 3.05) is 37.9 Å². The SMILES string of the molecule is COCCCN(C)c1cc(N)cc(Cl)n1. The first-order valence-electron chi connectivity index (χ1n) is 4.76. The summed E-state index contributed by atoms with van der Waals surface area (Å²) in [7, 11) is 3.64. The number of hydrogen-bond donors (Lipinski definition) is 1. The first-order chi connectivity index (χ1) is 7.13. The third-order valence-corrected chi connectivity index (χ3v) is 2.23. The van der Waals surface area contributed by atoms with Crippen molar-refractivity contribution in [1.29, 1.82) is 0 Å². The van der Waals surface area contributed by atoms with Gasteiger partial charge in [-0.1, -0.05) is 11.6 Å². The Labute approximate surface area is 95.0 Å². The number of hydrogen-bond acceptors (Lipinski definition) is 4. The molecular weight excluding hydrogens is 214 g/mol. The second-order valence-electron chi connectivity index (χ2n) is 3.35. The lowest BCUT2D eigenvalue weighted by atomic mass is 10.3. The molecule has 0 radical (unpaired) electrons. The van der Waals surface area contributed by atoms with Crippen molar-refractivity contribution < 1.29 is 4.74 Å². The number of anilines is 2. The van der Waals surface area contributed by atoms with Crippen molar-refractivity contribution in [1.82, 2.24) is 4.98 Å². The van der Waals surface area contributed by atoms with Crippen LogP contribution in [0.2, 0.25) is 5.15 Å². The molecule has 0 unspecified atom stereocenters. The van der Waals surface area contributed by atoms with Gasteiger partial charge in [0.2, 0.25) is 0 Å². The van der Waals surface area contributed by atoms with Crippen LogP contribution in [0.3, 0.4) is 0 Å². The molecule has 0 fully saturated rings. The molecule has 0 saturated carbocycles. The minimum Gasteiger partial charge on any atom is -0.399 e. The van der Waals surface area contributed by atoms with Gasteiger partial charge in [0.1, 0.15) is 11.0 Å². The van der Waals surface area contributed by atoms with Crippen LogP contribution in [0.1, 0.15) is 6.42 Å². The summed E-state index contributed by atoms with van der Waals surface area (Å²) in [6.45, 7) is 1.60. The van der Waals surface area contributed by atoms with Gasteiger partial charge in [-0.3, -0.25) is 0 Å². The molecule has 1 heterocycles. The lowest BCUT2D eigenvalue weighted by Crippen LogP contribution is -2.21. The molecule has 5 heteroatoms. The zero-order chi connectivity index (χ0) is 11.3. The molecule has 0 aliphatic rings. The highest BCUT2D eigenvalue weighted by Gasteiger charge is 2.04. The van der Waals surface area contributed by atoms with Crippen LogP contribution in [0.5, 0.6) is 0 Å². The van der Waals surface area contributed by atoms with Crippen LogP contribution < -0.4 is 10.6 Å². The third kappa shape index (κ3) is 3.93. The van der Waals surface area contributed by atoms with Gasteiger partial charge in [-0.15, -0.1) is 0 Å². The van der Waals surface area contributed by atoms with Crippen LogP contribution in [-0.2, 0) is 4.74 Å². The lowest BCUT2D eigenvalue weighted by molar-refractivity contribution is 0.196. The molecule has 2 N–H and O–H groups in total. The molecule has 15 heavy (non-hydrogen) atoms. The molecule has 84 valence electrons. The Morgan fingerprint density at radius 1 is 1.53 bits per heavy atom. The van der Waals surface area contributed by atoms with Gasteiger partial charge in [-0.25, -0.2) is 4.98 Å². The quantitative estimate of drug-likeness (QED) is 0.618. The van der Waals surface area contributed by atoms with E-state index in [1.807, 2.05) is 11.9 Å². The number of nitrogen functional groups attached to an aromatic ring is 1. The maximum absolute atomic E-state index is 5.81. The van der Waals surface area contributed by atoms with Gasteiger partial charge >= 0.3 is 0 Å². The second-order valence-corrected chi connectivity index (χ2v) is 3.74. The minimum absolute atomic E-state index is 0.420. The maximum atomic E-state index is 5.81. The summed E-state index contributed by atoms with van der Waals surface area (Å²) in [5.74, 6) is 0.788. The normalized spacial score (nSPS) is 10.3. The van der Waals surface area contributed by atoms with Crippen LogP contribution >= 0.6 is 11.6 Å². The number of ether oxygens (including phenoxy) is 1. The van der Waals surface area contributed by atoms with Crippen molar-refractivity contribution in [3.05, 3.63) is 17.3 Å². The largest absolute Gasteiger partial charge is 0.399 e. The molecule has 0 amide bonds. The summed E-state index contributed by atoms with van der Waals surface area (Å²) in [4.78, 5) is 6.18. The van der Waals surface area contributed by atoms with Crippen molar-refractivity contribution >= 4 is 23.1 Å². The zero-order valence-electron chi connectivity index (χ0n) is 9.03. The summed E-state index contributed by atoms with van der Waals surface area (Å²) in [6, 6.07) is 3.44. The number of pyridine rings is 1. The molecule has 0 aliphatic heterocycles. The Kier molecular flexibility index (Phi) is 4.65. The molecule has 4 nitrogen and oxygen atoms in total. The van der Waals surface area contributed by atoms with E-state index >= 15 is 0 Å². The highest BCUT2D eigenvalue weighted by atomic mass is 35.5. The molecule has 0 aliphatic carbocycles. The number of aromatic nitrogens is 1. The highest BCUT2D eigenvalue weighted by Crippen LogP contribution is 2.18. The van der Waals surface area contributed by atoms with Gasteiger partial charge in [-0.05, 0) is 12.5 Å². The van der Waals surface area contributed by atoms with Crippen LogP contribution in [0, 0.1) is 0 Å². The Balaban J connectivity index is 2.60. The van der Waals surface area contributed by atoms with Crippen LogP contribution in [0.4, 0.5) is 11.5 Å².